The molecule has 318 valence electrons. The first-order valence-corrected chi connectivity index (χ1v) is 16.7. The molecule has 0 heterocycles. The number of nitrogens with two attached hydrogens (primary N) is 1. The van der Waals surface area contributed by atoms with E-state index in [0.29, 0.717) is 0 Å². The Morgan fingerprint density at radius 3 is 1.28 bits per heavy atom. The van der Waals surface area contributed by atoms with Crippen molar-refractivity contribution in [2.24, 2.45) is 5.73 Å². The number of hydrogen-bond acceptors (Lipinski definition) is 21. The molecule has 25 nitrogen and oxygen atoms in total. The molecule has 19 N–H and O–H groups in total. The van der Waals surface area contributed by atoms with Crippen LogP contribution in [0.15, 0.2) is 0 Å². The van der Waals surface area contributed by atoms with E-state index < -0.39 is 117 Å². The van der Waals surface area contributed by atoms with Gasteiger partial charge in [0, 0.05) is 39.1 Å². The quantitative estimate of drug-likeness (QED) is 0.0290. The van der Waals surface area contributed by atoms with Gasteiger partial charge in [-0.15, -0.1) is 0 Å². The summed E-state index contributed by atoms with van der Waals surface area (Å²) in [7, 11) is 0. The molecule has 0 aromatic heterocycles. The molecule has 0 fully saturated rings. The predicted octanol–water partition coefficient (Wildman–Crippen LogP) is -11.8. The molecule has 0 aliphatic carbocycles. The highest BCUT2D eigenvalue weighted by Gasteiger charge is 2.38. The lowest BCUT2D eigenvalue weighted by atomic mass is 10.0. The third-order valence-electron chi connectivity index (χ3n) is 7.39. The Labute approximate surface area is 309 Å². The number of aliphatic hydroxyl groups is 13. The number of ether oxygens (including phenoxy) is 3. The normalized spacial score (nSPS) is 18.4. The fourth-order valence-electron chi connectivity index (χ4n) is 4.05. The van der Waals surface area contributed by atoms with Crippen LogP contribution in [-0.4, -0.2) is 242 Å². The largest absolute Gasteiger partial charge is 0.394 e. The van der Waals surface area contributed by atoms with Crippen LogP contribution in [0.25, 0.3) is 0 Å². The minimum Gasteiger partial charge on any atom is -0.394 e. The molecule has 0 rings (SSSR count). The molecule has 0 aliphatic rings. The number of carbonyl (C=O) groups excluding carboxylic acids is 4. The van der Waals surface area contributed by atoms with Crippen LogP contribution >= 0.6 is 0 Å². The minimum absolute atomic E-state index is 0.000140. The van der Waals surface area contributed by atoms with E-state index in [-0.39, 0.29) is 65.7 Å². The lowest BCUT2D eigenvalue weighted by Gasteiger charge is -2.28. The van der Waals surface area contributed by atoms with Crippen molar-refractivity contribution in [2.45, 2.75) is 79.7 Å². The Hall–Kier alpha value is -2.80. The highest BCUT2D eigenvalue weighted by molar-refractivity contribution is 5.83. The van der Waals surface area contributed by atoms with Gasteiger partial charge in [0.15, 0.2) is 18.3 Å². The molecule has 0 radical (unpaired) electrons. The van der Waals surface area contributed by atoms with Crippen molar-refractivity contribution < 1.29 is 99.8 Å². The fourth-order valence-corrected chi connectivity index (χ4v) is 4.05. The molecule has 0 saturated carbocycles. The van der Waals surface area contributed by atoms with Gasteiger partial charge in [0.25, 0.3) is 17.7 Å². The van der Waals surface area contributed by atoms with Crippen molar-refractivity contribution >= 4 is 23.6 Å². The van der Waals surface area contributed by atoms with E-state index in [1.165, 1.54) is 0 Å². The molecule has 54 heavy (non-hydrogen) atoms. The van der Waals surface area contributed by atoms with Crippen molar-refractivity contribution in [1.29, 1.82) is 0 Å². The summed E-state index contributed by atoms with van der Waals surface area (Å²) >= 11 is 0. The standard InChI is InChI=1S/C29H57N5O20/c30-2-6-53-7-3-31-27(49)25(47)22(44)23(45)26(48)28(50)32-4-8-54-10-9-52-5-1-17(39)33-11-14(36)18(40)19(41)15(37)12-34-29(51)24(46)21(43)20(42)16(38)13-35/h14-16,18-26,35-38,40-48H,1-13,30H2,(H,31,49)(H,32,50)(H,33,39)(H,34,51)/t14-,15+,16+,18+,19+,20+,21-,22-,23-,24+,25-,26+/m0/s1. The van der Waals surface area contributed by atoms with Crippen LogP contribution in [-0.2, 0) is 33.4 Å². The van der Waals surface area contributed by atoms with Crippen LogP contribution in [0.4, 0.5) is 0 Å². The molecule has 0 unspecified atom stereocenters. The van der Waals surface area contributed by atoms with E-state index in [9.17, 15) is 80.5 Å². The van der Waals surface area contributed by atoms with Gasteiger partial charge < -0.3 is 108 Å². The lowest BCUT2D eigenvalue weighted by molar-refractivity contribution is -0.155. The number of rotatable bonds is 31. The molecule has 4 amide bonds. The second-order valence-corrected chi connectivity index (χ2v) is 11.7. The Morgan fingerprint density at radius 1 is 0.463 bits per heavy atom. The van der Waals surface area contributed by atoms with Crippen molar-refractivity contribution in [2.75, 3.05) is 79.0 Å². The highest BCUT2D eigenvalue weighted by atomic mass is 16.5. The van der Waals surface area contributed by atoms with Crippen LogP contribution in [0.5, 0.6) is 0 Å². The average Bonchev–Trinajstić information content (AvgIpc) is 3.17. The van der Waals surface area contributed by atoms with E-state index in [1.807, 2.05) is 5.32 Å². The monoisotopic (exact) mass is 795 g/mol. The van der Waals surface area contributed by atoms with Crippen molar-refractivity contribution in [1.82, 2.24) is 21.3 Å². The summed E-state index contributed by atoms with van der Waals surface area (Å²) in [5.41, 5.74) is 5.24. The summed E-state index contributed by atoms with van der Waals surface area (Å²) in [5.74, 6) is -4.19. The SMILES string of the molecule is NCCOCCNC(=O)[C@@H](O)[C@@H](O)[C@H](O)[C@@H](O)C(=O)NCCOCCOCCC(=O)NC[C@H](O)[C@@H](O)[C@H](O)[C@H](O)CNC(=O)[C@H](O)[C@@H](O)[C@H](O)[C@H](O)CO. The zero-order chi connectivity index (χ0) is 41.4. The average molecular weight is 796 g/mol. The van der Waals surface area contributed by atoms with E-state index >= 15 is 0 Å². The Balaban J connectivity index is 4.22. The summed E-state index contributed by atoms with van der Waals surface area (Å²) in [6, 6.07) is 0. The number of nitrogens with one attached hydrogen (secondary N) is 4. The molecule has 25 heteroatoms. The first kappa shape index (κ1) is 51.2. The summed E-state index contributed by atoms with van der Waals surface area (Å²) in [4.78, 5) is 47.9. The molecule has 0 aromatic rings. The topological polar surface area (TPSA) is 433 Å². The van der Waals surface area contributed by atoms with Crippen molar-refractivity contribution in [3.63, 3.8) is 0 Å². The maximum Gasteiger partial charge on any atom is 0.251 e. The lowest BCUT2D eigenvalue weighted by Crippen LogP contribution is -2.54. The maximum atomic E-state index is 12.1. The Morgan fingerprint density at radius 2 is 0.833 bits per heavy atom. The summed E-state index contributed by atoms with van der Waals surface area (Å²) < 4.78 is 15.4. The summed E-state index contributed by atoms with van der Waals surface area (Å²) in [5, 5.41) is 136. The molecule has 12 atom stereocenters. The van der Waals surface area contributed by atoms with E-state index in [1.54, 1.807) is 0 Å². The molecule has 0 spiro atoms. The van der Waals surface area contributed by atoms with E-state index in [4.69, 9.17) is 25.1 Å². The van der Waals surface area contributed by atoms with Gasteiger partial charge >= 0.3 is 0 Å². The summed E-state index contributed by atoms with van der Waals surface area (Å²) in [6.45, 7) is -2.19. The van der Waals surface area contributed by atoms with Crippen molar-refractivity contribution in [3.05, 3.63) is 0 Å². The number of aliphatic hydroxyl groups excluding tert-OH is 13. The van der Waals surface area contributed by atoms with Gasteiger partial charge in [0.2, 0.25) is 5.91 Å². The first-order valence-electron chi connectivity index (χ1n) is 16.7. The van der Waals surface area contributed by atoms with Gasteiger partial charge in [-0.2, -0.15) is 0 Å². The first-order chi connectivity index (χ1) is 25.4. The van der Waals surface area contributed by atoms with Crippen LogP contribution in [0.2, 0.25) is 0 Å². The highest BCUT2D eigenvalue weighted by Crippen LogP contribution is 2.08. The van der Waals surface area contributed by atoms with Crippen LogP contribution in [0.3, 0.4) is 0 Å². The predicted molar refractivity (Wildman–Crippen MR) is 177 cm³/mol. The van der Waals surface area contributed by atoms with Gasteiger partial charge in [0.05, 0.1) is 58.5 Å². The van der Waals surface area contributed by atoms with Crippen LogP contribution in [0.1, 0.15) is 6.42 Å². The smallest absolute Gasteiger partial charge is 0.251 e. The third-order valence-corrected chi connectivity index (χ3v) is 7.39. The Bertz CT molecular complexity index is 1070. The molecule has 0 saturated heterocycles. The van der Waals surface area contributed by atoms with Gasteiger partial charge in [-0.3, -0.25) is 19.2 Å². The zero-order valence-corrected chi connectivity index (χ0v) is 29.4. The van der Waals surface area contributed by atoms with Gasteiger partial charge in [-0.05, 0) is 0 Å². The maximum absolute atomic E-state index is 12.1. The Kier molecular flexibility index (Phi) is 27.1. The van der Waals surface area contributed by atoms with Gasteiger partial charge in [-0.25, -0.2) is 0 Å². The number of carbonyl (C=O) groups is 4. The second-order valence-electron chi connectivity index (χ2n) is 11.7. The van der Waals surface area contributed by atoms with Crippen LogP contribution < -0.4 is 27.0 Å². The zero-order valence-electron chi connectivity index (χ0n) is 29.4. The minimum atomic E-state index is -2.32. The third kappa shape index (κ3) is 19.7. The van der Waals surface area contributed by atoms with Crippen molar-refractivity contribution in [3.8, 4) is 0 Å². The molecule has 0 aromatic carbocycles. The molecule has 0 aliphatic heterocycles. The summed E-state index contributed by atoms with van der Waals surface area (Å²) in [6.07, 6.45) is -25.3. The van der Waals surface area contributed by atoms with Gasteiger partial charge in [-0.1, -0.05) is 0 Å². The van der Waals surface area contributed by atoms with E-state index in [2.05, 4.69) is 16.0 Å². The second kappa shape index (κ2) is 28.6. The van der Waals surface area contributed by atoms with Crippen LogP contribution in [0, 0.1) is 0 Å². The number of hydrogen-bond donors (Lipinski definition) is 18. The van der Waals surface area contributed by atoms with Gasteiger partial charge in [0.1, 0.15) is 42.7 Å². The molecular weight excluding hydrogens is 738 g/mol. The number of amides is 4. The molecular formula is C29H57N5O20. The fraction of sp³-hybridized carbons (Fsp3) is 0.862. The van der Waals surface area contributed by atoms with E-state index in [0.717, 1.165) is 0 Å². The molecule has 0 bridgehead atoms.